The summed E-state index contributed by atoms with van der Waals surface area (Å²) in [6.07, 6.45) is 0.493. The monoisotopic (exact) mass is 208 g/mol. The first kappa shape index (κ1) is 10.6. The standard InChI is InChI=1S/C10H9ClN2O/c1-7-3-2-4-8(10(7)11)9(5-12)13-6-14/h2-4,6,9H,1H3,(H,13,14). The molecule has 0 aliphatic carbocycles. The molecule has 4 heteroatoms. The van der Waals surface area contributed by atoms with Crippen LogP contribution in [0.3, 0.4) is 0 Å². The molecule has 1 amide bonds. The molecule has 1 unspecified atom stereocenters. The molecular weight excluding hydrogens is 200 g/mol. The zero-order valence-corrected chi connectivity index (χ0v) is 8.38. The van der Waals surface area contributed by atoms with Gasteiger partial charge < -0.3 is 5.32 Å². The smallest absolute Gasteiger partial charge is 0.208 e. The van der Waals surface area contributed by atoms with Crippen LogP contribution in [0.5, 0.6) is 0 Å². The van der Waals surface area contributed by atoms with Crippen LogP contribution in [-0.4, -0.2) is 6.41 Å². The van der Waals surface area contributed by atoms with E-state index in [1.807, 2.05) is 19.1 Å². The van der Waals surface area contributed by atoms with Crippen molar-refractivity contribution in [3.63, 3.8) is 0 Å². The second kappa shape index (κ2) is 4.64. The van der Waals surface area contributed by atoms with Gasteiger partial charge in [-0.1, -0.05) is 29.8 Å². The summed E-state index contributed by atoms with van der Waals surface area (Å²) in [4.78, 5) is 10.2. The summed E-state index contributed by atoms with van der Waals surface area (Å²) in [5.74, 6) is 0. The highest BCUT2D eigenvalue weighted by Crippen LogP contribution is 2.25. The summed E-state index contributed by atoms with van der Waals surface area (Å²) in [6, 6.07) is 6.65. The Morgan fingerprint density at radius 2 is 2.36 bits per heavy atom. The van der Waals surface area contributed by atoms with Crippen molar-refractivity contribution in [2.75, 3.05) is 0 Å². The predicted octanol–water partition coefficient (Wildman–Crippen LogP) is 1.96. The van der Waals surface area contributed by atoms with Crippen molar-refractivity contribution >= 4 is 18.0 Å². The van der Waals surface area contributed by atoms with E-state index in [1.54, 1.807) is 12.1 Å². The fraction of sp³-hybridized carbons (Fsp3) is 0.200. The topological polar surface area (TPSA) is 52.9 Å². The van der Waals surface area contributed by atoms with Crippen molar-refractivity contribution in [3.8, 4) is 6.07 Å². The minimum absolute atomic E-state index is 0.493. The molecule has 1 N–H and O–H groups in total. The molecule has 1 aromatic carbocycles. The molecule has 72 valence electrons. The van der Waals surface area contributed by atoms with Gasteiger partial charge in [0.1, 0.15) is 6.04 Å². The van der Waals surface area contributed by atoms with Gasteiger partial charge in [-0.2, -0.15) is 5.26 Å². The van der Waals surface area contributed by atoms with Gasteiger partial charge >= 0.3 is 0 Å². The molecule has 0 saturated carbocycles. The lowest BCUT2D eigenvalue weighted by Gasteiger charge is -2.11. The molecule has 14 heavy (non-hydrogen) atoms. The lowest BCUT2D eigenvalue weighted by molar-refractivity contribution is -0.109. The largest absolute Gasteiger partial charge is 0.339 e. The number of carbonyl (C=O) groups excluding carboxylic acids is 1. The average molecular weight is 209 g/mol. The molecule has 0 bridgehead atoms. The minimum Gasteiger partial charge on any atom is -0.339 e. The van der Waals surface area contributed by atoms with Crippen molar-refractivity contribution < 1.29 is 4.79 Å². The molecule has 0 aliphatic heterocycles. The van der Waals surface area contributed by atoms with Gasteiger partial charge in [-0.25, -0.2) is 0 Å². The highest BCUT2D eigenvalue weighted by molar-refractivity contribution is 6.32. The van der Waals surface area contributed by atoms with Crippen molar-refractivity contribution in [1.29, 1.82) is 5.26 Å². The van der Waals surface area contributed by atoms with E-state index in [0.29, 0.717) is 17.0 Å². The van der Waals surface area contributed by atoms with E-state index in [2.05, 4.69) is 5.32 Å². The van der Waals surface area contributed by atoms with E-state index in [-0.39, 0.29) is 0 Å². The minimum atomic E-state index is -0.681. The highest BCUT2D eigenvalue weighted by atomic mass is 35.5. The van der Waals surface area contributed by atoms with Crippen molar-refractivity contribution in [2.24, 2.45) is 0 Å². The second-order valence-electron chi connectivity index (χ2n) is 2.82. The molecule has 1 rings (SSSR count). The Morgan fingerprint density at radius 1 is 1.64 bits per heavy atom. The van der Waals surface area contributed by atoms with Crippen LogP contribution in [0, 0.1) is 18.3 Å². The summed E-state index contributed by atoms with van der Waals surface area (Å²) in [6.45, 7) is 1.85. The Kier molecular flexibility index (Phi) is 3.49. The van der Waals surface area contributed by atoms with E-state index in [1.165, 1.54) is 0 Å². The van der Waals surface area contributed by atoms with Gasteiger partial charge in [-0.05, 0) is 12.5 Å². The molecule has 0 aliphatic rings. The summed E-state index contributed by atoms with van der Waals surface area (Å²) in [7, 11) is 0. The maximum atomic E-state index is 10.2. The van der Waals surface area contributed by atoms with E-state index >= 15 is 0 Å². The van der Waals surface area contributed by atoms with Crippen LogP contribution < -0.4 is 5.32 Å². The Bertz CT molecular complexity index is 384. The van der Waals surface area contributed by atoms with Gasteiger partial charge in [0.05, 0.1) is 6.07 Å². The van der Waals surface area contributed by atoms with Gasteiger partial charge in [0.25, 0.3) is 0 Å². The summed E-state index contributed by atoms with van der Waals surface area (Å²) in [5, 5.41) is 11.7. The van der Waals surface area contributed by atoms with Gasteiger partial charge in [-0.15, -0.1) is 0 Å². The normalized spacial score (nSPS) is 11.5. The van der Waals surface area contributed by atoms with Crippen molar-refractivity contribution in [1.82, 2.24) is 5.32 Å². The number of hydrogen-bond donors (Lipinski definition) is 1. The van der Waals surface area contributed by atoms with Gasteiger partial charge in [0, 0.05) is 10.6 Å². The molecule has 0 radical (unpaired) electrons. The number of rotatable bonds is 3. The van der Waals surface area contributed by atoms with E-state index in [0.717, 1.165) is 5.56 Å². The number of nitrogens with one attached hydrogen (secondary N) is 1. The lowest BCUT2D eigenvalue weighted by atomic mass is 10.1. The maximum absolute atomic E-state index is 10.2. The zero-order chi connectivity index (χ0) is 10.6. The Balaban J connectivity index is 3.11. The average Bonchev–Trinajstić information content (AvgIpc) is 2.19. The number of amides is 1. The zero-order valence-electron chi connectivity index (χ0n) is 7.62. The number of benzene rings is 1. The number of nitrogens with zero attached hydrogens (tertiary/aromatic N) is 1. The first-order chi connectivity index (χ1) is 6.70. The molecule has 0 fully saturated rings. The fourth-order valence-corrected chi connectivity index (χ4v) is 1.39. The fourth-order valence-electron chi connectivity index (χ4n) is 1.16. The first-order valence-corrected chi connectivity index (χ1v) is 4.42. The maximum Gasteiger partial charge on any atom is 0.208 e. The van der Waals surface area contributed by atoms with Crippen LogP contribution in [0.1, 0.15) is 17.2 Å². The van der Waals surface area contributed by atoms with Crippen LogP contribution in [-0.2, 0) is 4.79 Å². The van der Waals surface area contributed by atoms with Crippen LogP contribution in [0.25, 0.3) is 0 Å². The molecule has 1 aromatic rings. The third-order valence-electron chi connectivity index (χ3n) is 1.90. The quantitative estimate of drug-likeness (QED) is 0.772. The Hall–Kier alpha value is -1.53. The second-order valence-corrected chi connectivity index (χ2v) is 3.20. The molecular formula is C10H9ClN2O. The van der Waals surface area contributed by atoms with Gasteiger partial charge in [0.15, 0.2) is 0 Å². The van der Waals surface area contributed by atoms with Crippen LogP contribution >= 0.6 is 11.6 Å². The van der Waals surface area contributed by atoms with E-state index < -0.39 is 6.04 Å². The Morgan fingerprint density at radius 3 is 2.93 bits per heavy atom. The summed E-state index contributed by atoms with van der Waals surface area (Å²) < 4.78 is 0. The van der Waals surface area contributed by atoms with Gasteiger partial charge in [0.2, 0.25) is 6.41 Å². The summed E-state index contributed by atoms with van der Waals surface area (Å²) >= 11 is 6.00. The molecule has 0 aromatic heterocycles. The third-order valence-corrected chi connectivity index (χ3v) is 2.41. The molecule has 1 atom stereocenters. The number of nitriles is 1. The number of halogens is 1. The van der Waals surface area contributed by atoms with E-state index in [9.17, 15) is 4.79 Å². The summed E-state index contributed by atoms with van der Waals surface area (Å²) in [5.41, 5.74) is 1.51. The first-order valence-electron chi connectivity index (χ1n) is 4.05. The SMILES string of the molecule is Cc1cccc(C(C#N)NC=O)c1Cl. The molecule has 3 nitrogen and oxygen atoms in total. The molecule has 0 saturated heterocycles. The number of carbonyl (C=O) groups is 1. The number of aryl methyl sites for hydroxylation is 1. The van der Waals surface area contributed by atoms with Crippen LogP contribution in [0.2, 0.25) is 5.02 Å². The third kappa shape index (κ3) is 2.04. The van der Waals surface area contributed by atoms with Crippen molar-refractivity contribution in [3.05, 3.63) is 34.3 Å². The van der Waals surface area contributed by atoms with Gasteiger partial charge in [-0.3, -0.25) is 4.79 Å². The predicted molar refractivity (Wildman–Crippen MR) is 53.7 cm³/mol. The molecule has 0 spiro atoms. The van der Waals surface area contributed by atoms with E-state index in [4.69, 9.17) is 16.9 Å². The number of hydrogen-bond acceptors (Lipinski definition) is 2. The highest BCUT2D eigenvalue weighted by Gasteiger charge is 2.13. The molecule has 0 heterocycles. The van der Waals surface area contributed by atoms with Crippen LogP contribution in [0.15, 0.2) is 18.2 Å². The lowest BCUT2D eigenvalue weighted by Crippen LogP contribution is -2.18. The van der Waals surface area contributed by atoms with Crippen LogP contribution in [0.4, 0.5) is 0 Å². The Labute approximate surface area is 87.3 Å². The van der Waals surface area contributed by atoms with Crippen molar-refractivity contribution in [2.45, 2.75) is 13.0 Å².